The molecule has 0 saturated carbocycles. The zero-order chi connectivity index (χ0) is 7.40. The first-order valence-electron chi connectivity index (χ1n) is 3.87. The standard InChI is InChI=1S/C8H15NO/c9-8-4-3-7(6-8)2-1-5-10/h3-4,7-8,10H,1-2,5-6,9H2/t7-,8+/m0/s1. The van der Waals surface area contributed by atoms with Gasteiger partial charge in [0, 0.05) is 12.6 Å². The lowest BCUT2D eigenvalue weighted by atomic mass is 10.0. The molecule has 0 aromatic carbocycles. The van der Waals surface area contributed by atoms with Gasteiger partial charge in [0.2, 0.25) is 0 Å². The van der Waals surface area contributed by atoms with Crippen LogP contribution >= 0.6 is 0 Å². The Labute approximate surface area is 61.7 Å². The van der Waals surface area contributed by atoms with Crippen LogP contribution in [0.1, 0.15) is 19.3 Å². The van der Waals surface area contributed by atoms with E-state index in [1.165, 1.54) is 0 Å². The molecule has 0 amide bonds. The molecule has 2 heteroatoms. The van der Waals surface area contributed by atoms with Crippen LogP contribution in [-0.2, 0) is 0 Å². The van der Waals surface area contributed by atoms with Crippen molar-refractivity contribution in [2.75, 3.05) is 6.61 Å². The molecule has 0 heterocycles. The highest BCUT2D eigenvalue weighted by Crippen LogP contribution is 2.20. The molecular formula is C8H15NO. The van der Waals surface area contributed by atoms with Crippen LogP contribution < -0.4 is 5.73 Å². The molecule has 0 saturated heterocycles. The van der Waals surface area contributed by atoms with Crippen molar-refractivity contribution in [3.63, 3.8) is 0 Å². The lowest BCUT2D eigenvalue weighted by Gasteiger charge is -2.06. The Kier molecular flexibility index (Phi) is 2.90. The summed E-state index contributed by atoms with van der Waals surface area (Å²) in [5.41, 5.74) is 5.65. The Morgan fingerprint density at radius 1 is 1.50 bits per heavy atom. The number of aliphatic hydroxyl groups excluding tert-OH is 1. The summed E-state index contributed by atoms with van der Waals surface area (Å²) in [4.78, 5) is 0. The Balaban J connectivity index is 2.14. The van der Waals surface area contributed by atoms with E-state index in [0.29, 0.717) is 12.5 Å². The van der Waals surface area contributed by atoms with Gasteiger partial charge in [0.15, 0.2) is 0 Å². The van der Waals surface area contributed by atoms with Crippen molar-refractivity contribution >= 4 is 0 Å². The third-order valence-corrected chi connectivity index (χ3v) is 1.94. The number of rotatable bonds is 3. The summed E-state index contributed by atoms with van der Waals surface area (Å²) >= 11 is 0. The Morgan fingerprint density at radius 3 is 2.80 bits per heavy atom. The van der Waals surface area contributed by atoms with E-state index < -0.39 is 0 Å². The van der Waals surface area contributed by atoms with Gasteiger partial charge in [-0.25, -0.2) is 0 Å². The van der Waals surface area contributed by atoms with Gasteiger partial charge in [0.1, 0.15) is 0 Å². The second-order valence-corrected chi connectivity index (χ2v) is 2.91. The summed E-state index contributed by atoms with van der Waals surface area (Å²) in [7, 11) is 0. The predicted molar refractivity (Wildman–Crippen MR) is 41.5 cm³/mol. The molecule has 0 aliphatic heterocycles. The topological polar surface area (TPSA) is 46.2 Å². The molecule has 2 atom stereocenters. The Bertz CT molecular complexity index is 122. The molecular weight excluding hydrogens is 126 g/mol. The third-order valence-electron chi connectivity index (χ3n) is 1.94. The second kappa shape index (κ2) is 3.74. The van der Waals surface area contributed by atoms with Crippen LogP contribution in [0.3, 0.4) is 0 Å². The lowest BCUT2D eigenvalue weighted by Crippen LogP contribution is -2.14. The molecule has 58 valence electrons. The average Bonchev–Trinajstić information content (AvgIpc) is 2.31. The molecule has 0 aromatic heterocycles. The first-order chi connectivity index (χ1) is 4.83. The van der Waals surface area contributed by atoms with E-state index >= 15 is 0 Å². The zero-order valence-corrected chi connectivity index (χ0v) is 6.16. The van der Waals surface area contributed by atoms with Gasteiger partial charge in [-0.15, -0.1) is 0 Å². The summed E-state index contributed by atoms with van der Waals surface area (Å²) in [6.45, 7) is 0.305. The lowest BCUT2D eigenvalue weighted by molar-refractivity contribution is 0.276. The van der Waals surface area contributed by atoms with Gasteiger partial charge < -0.3 is 10.8 Å². The average molecular weight is 141 g/mol. The molecule has 0 aromatic rings. The summed E-state index contributed by atoms with van der Waals surface area (Å²) in [6, 6.07) is 0.267. The predicted octanol–water partition coefficient (Wildman–Crippen LogP) is 0.662. The highest BCUT2D eigenvalue weighted by atomic mass is 16.2. The van der Waals surface area contributed by atoms with E-state index in [2.05, 4.69) is 12.2 Å². The van der Waals surface area contributed by atoms with E-state index in [4.69, 9.17) is 10.8 Å². The fourth-order valence-electron chi connectivity index (χ4n) is 1.37. The second-order valence-electron chi connectivity index (χ2n) is 2.91. The molecule has 1 rings (SSSR count). The SMILES string of the molecule is N[C@@H]1C=C[C@H](CCCO)C1. The Morgan fingerprint density at radius 2 is 2.30 bits per heavy atom. The minimum atomic E-state index is 0.267. The first-order valence-corrected chi connectivity index (χ1v) is 3.87. The van der Waals surface area contributed by atoms with Crippen LogP contribution in [0.2, 0.25) is 0 Å². The van der Waals surface area contributed by atoms with Gasteiger partial charge >= 0.3 is 0 Å². The van der Waals surface area contributed by atoms with Crippen LogP contribution in [-0.4, -0.2) is 17.8 Å². The fourth-order valence-corrected chi connectivity index (χ4v) is 1.37. The van der Waals surface area contributed by atoms with Crippen molar-refractivity contribution < 1.29 is 5.11 Å². The smallest absolute Gasteiger partial charge is 0.0431 e. The minimum absolute atomic E-state index is 0.267. The highest BCUT2D eigenvalue weighted by molar-refractivity contribution is 5.04. The van der Waals surface area contributed by atoms with Crippen LogP contribution in [0.15, 0.2) is 12.2 Å². The van der Waals surface area contributed by atoms with Crippen molar-refractivity contribution in [1.29, 1.82) is 0 Å². The van der Waals surface area contributed by atoms with Crippen molar-refractivity contribution in [3.05, 3.63) is 12.2 Å². The van der Waals surface area contributed by atoms with E-state index in [1.807, 2.05) is 0 Å². The summed E-state index contributed by atoms with van der Waals surface area (Å²) in [5.74, 6) is 0.627. The molecule has 0 fully saturated rings. The van der Waals surface area contributed by atoms with Crippen LogP contribution in [0.4, 0.5) is 0 Å². The van der Waals surface area contributed by atoms with Gasteiger partial charge in [-0.2, -0.15) is 0 Å². The largest absolute Gasteiger partial charge is 0.396 e. The molecule has 2 nitrogen and oxygen atoms in total. The Hall–Kier alpha value is -0.340. The fraction of sp³-hybridized carbons (Fsp3) is 0.750. The van der Waals surface area contributed by atoms with Gasteiger partial charge in [-0.3, -0.25) is 0 Å². The summed E-state index contributed by atoms with van der Waals surface area (Å²) in [5, 5.41) is 8.54. The molecule has 10 heavy (non-hydrogen) atoms. The van der Waals surface area contributed by atoms with Crippen molar-refractivity contribution in [2.24, 2.45) is 11.7 Å². The molecule has 1 aliphatic rings. The summed E-state index contributed by atoms with van der Waals surface area (Å²) < 4.78 is 0. The van der Waals surface area contributed by atoms with Gasteiger partial charge in [0.25, 0.3) is 0 Å². The molecule has 0 bridgehead atoms. The number of hydrogen-bond donors (Lipinski definition) is 2. The third kappa shape index (κ3) is 2.12. The quantitative estimate of drug-likeness (QED) is 0.567. The molecule has 0 unspecified atom stereocenters. The highest BCUT2D eigenvalue weighted by Gasteiger charge is 2.14. The van der Waals surface area contributed by atoms with Crippen LogP contribution in [0, 0.1) is 5.92 Å². The van der Waals surface area contributed by atoms with Gasteiger partial charge in [-0.1, -0.05) is 12.2 Å². The molecule has 3 N–H and O–H groups in total. The number of aliphatic hydroxyl groups is 1. The van der Waals surface area contributed by atoms with E-state index in [1.54, 1.807) is 0 Å². The molecule has 1 aliphatic carbocycles. The number of allylic oxidation sites excluding steroid dienone is 1. The normalized spacial score (nSPS) is 31.4. The van der Waals surface area contributed by atoms with E-state index in [0.717, 1.165) is 19.3 Å². The monoisotopic (exact) mass is 141 g/mol. The number of nitrogens with two attached hydrogens (primary N) is 1. The van der Waals surface area contributed by atoms with Crippen molar-refractivity contribution in [3.8, 4) is 0 Å². The van der Waals surface area contributed by atoms with Gasteiger partial charge in [0.05, 0.1) is 0 Å². The maximum absolute atomic E-state index is 8.54. The first kappa shape index (κ1) is 7.76. The van der Waals surface area contributed by atoms with Crippen LogP contribution in [0.5, 0.6) is 0 Å². The maximum atomic E-state index is 8.54. The van der Waals surface area contributed by atoms with Gasteiger partial charge in [-0.05, 0) is 25.2 Å². The number of hydrogen-bond acceptors (Lipinski definition) is 2. The molecule has 0 spiro atoms. The minimum Gasteiger partial charge on any atom is -0.396 e. The maximum Gasteiger partial charge on any atom is 0.0431 e. The van der Waals surface area contributed by atoms with E-state index in [-0.39, 0.29) is 6.04 Å². The molecule has 0 radical (unpaired) electrons. The van der Waals surface area contributed by atoms with Crippen molar-refractivity contribution in [2.45, 2.75) is 25.3 Å². The van der Waals surface area contributed by atoms with Crippen LogP contribution in [0.25, 0.3) is 0 Å². The van der Waals surface area contributed by atoms with E-state index in [9.17, 15) is 0 Å². The zero-order valence-electron chi connectivity index (χ0n) is 6.16. The summed E-state index contributed by atoms with van der Waals surface area (Å²) in [6.07, 6.45) is 7.28. The van der Waals surface area contributed by atoms with Crippen molar-refractivity contribution in [1.82, 2.24) is 0 Å².